The molecule has 0 bridgehead atoms. The summed E-state index contributed by atoms with van der Waals surface area (Å²) in [6, 6.07) is 9.59. The molecule has 1 aliphatic rings. The molecule has 1 aromatic rings. The van der Waals surface area contributed by atoms with Crippen molar-refractivity contribution < 1.29 is 8.78 Å². The van der Waals surface area contributed by atoms with E-state index in [1.54, 1.807) is 4.90 Å². The van der Waals surface area contributed by atoms with Gasteiger partial charge < -0.3 is 16.4 Å². The molecular formula is C14H20ClF2N5. The van der Waals surface area contributed by atoms with Gasteiger partial charge in [0.25, 0.3) is 5.92 Å². The van der Waals surface area contributed by atoms with Crippen LogP contribution in [0.2, 0.25) is 0 Å². The number of nitrogens with two attached hydrogens (primary N) is 2. The smallest absolute Gasteiger partial charge is 0.251 e. The van der Waals surface area contributed by atoms with Gasteiger partial charge in [-0.1, -0.05) is 30.3 Å². The first-order valence-corrected chi connectivity index (χ1v) is 6.77. The average molecular weight is 332 g/mol. The van der Waals surface area contributed by atoms with Gasteiger partial charge >= 0.3 is 0 Å². The molecule has 1 aliphatic heterocycles. The minimum absolute atomic E-state index is 0. The zero-order valence-corrected chi connectivity index (χ0v) is 12.9. The summed E-state index contributed by atoms with van der Waals surface area (Å²) in [5.41, 5.74) is 12.5. The Morgan fingerprint density at radius 1 is 1.14 bits per heavy atom. The summed E-state index contributed by atoms with van der Waals surface area (Å²) < 4.78 is 26.1. The molecular weight excluding hydrogens is 312 g/mol. The van der Waals surface area contributed by atoms with E-state index in [1.165, 1.54) is 0 Å². The van der Waals surface area contributed by atoms with E-state index >= 15 is 0 Å². The number of benzene rings is 1. The van der Waals surface area contributed by atoms with E-state index < -0.39 is 5.92 Å². The van der Waals surface area contributed by atoms with Gasteiger partial charge in [-0.3, -0.25) is 0 Å². The van der Waals surface area contributed by atoms with Gasteiger partial charge in [-0.2, -0.15) is 4.99 Å². The Morgan fingerprint density at radius 2 is 1.73 bits per heavy atom. The molecule has 0 aliphatic carbocycles. The third kappa shape index (κ3) is 5.48. The first-order chi connectivity index (χ1) is 9.96. The number of nitrogens with zero attached hydrogens (tertiary/aromatic N) is 3. The molecule has 1 fully saturated rings. The zero-order valence-electron chi connectivity index (χ0n) is 12.1. The Hall–Kier alpha value is -1.89. The van der Waals surface area contributed by atoms with Crippen molar-refractivity contribution in [3.8, 4) is 0 Å². The molecule has 0 unspecified atom stereocenters. The molecule has 2 rings (SSSR count). The van der Waals surface area contributed by atoms with Crippen LogP contribution in [0, 0.1) is 0 Å². The van der Waals surface area contributed by atoms with Crippen molar-refractivity contribution in [3.05, 3.63) is 35.9 Å². The lowest BCUT2D eigenvalue weighted by Crippen LogP contribution is -2.46. The highest BCUT2D eigenvalue weighted by molar-refractivity contribution is 5.93. The molecule has 0 amide bonds. The summed E-state index contributed by atoms with van der Waals surface area (Å²) >= 11 is 0. The molecule has 22 heavy (non-hydrogen) atoms. The SMILES string of the molecule is Cl.NC(=NCc1ccccc1)/N=C(/N)N1CCC(F)(F)CC1. The Bertz CT molecular complexity index is 523. The molecule has 1 heterocycles. The molecule has 0 spiro atoms. The Labute approximate surface area is 134 Å². The summed E-state index contributed by atoms with van der Waals surface area (Å²) in [4.78, 5) is 9.68. The highest BCUT2D eigenvalue weighted by Gasteiger charge is 2.34. The normalized spacial score (nSPS) is 18.7. The molecule has 122 valence electrons. The number of guanidine groups is 2. The van der Waals surface area contributed by atoms with Crippen LogP contribution in [0.25, 0.3) is 0 Å². The lowest BCUT2D eigenvalue weighted by atomic mass is 10.1. The van der Waals surface area contributed by atoms with Gasteiger partial charge in [0.1, 0.15) is 0 Å². The summed E-state index contributed by atoms with van der Waals surface area (Å²) in [6.45, 7) is 0.754. The molecule has 0 radical (unpaired) electrons. The van der Waals surface area contributed by atoms with Crippen LogP contribution >= 0.6 is 12.4 Å². The minimum Gasteiger partial charge on any atom is -0.369 e. The Morgan fingerprint density at radius 3 is 2.32 bits per heavy atom. The van der Waals surface area contributed by atoms with E-state index in [0.29, 0.717) is 6.54 Å². The zero-order chi connectivity index (χ0) is 15.3. The topological polar surface area (TPSA) is 80.0 Å². The van der Waals surface area contributed by atoms with Crippen molar-refractivity contribution in [2.75, 3.05) is 13.1 Å². The average Bonchev–Trinajstić information content (AvgIpc) is 2.46. The van der Waals surface area contributed by atoms with Crippen molar-refractivity contribution in [1.29, 1.82) is 0 Å². The third-order valence-corrected chi connectivity index (χ3v) is 3.31. The van der Waals surface area contributed by atoms with Crippen LogP contribution < -0.4 is 11.5 Å². The maximum atomic E-state index is 13.1. The van der Waals surface area contributed by atoms with Crippen LogP contribution in [0.5, 0.6) is 0 Å². The van der Waals surface area contributed by atoms with Crippen molar-refractivity contribution in [2.45, 2.75) is 25.3 Å². The largest absolute Gasteiger partial charge is 0.369 e. The number of likely N-dealkylation sites (tertiary alicyclic amines) is 1. The quantitative estimate of drug-likeness (QED) is 0.642. The maximum absolute atomic E-state index is 13.1. The van der Waals surface area contributed by atoms with E-state index in [1.807, 2.05) is 30.3 Å². The van der Waals surface area contributed by atoms with Crippen LogP contribution in [0.4, 0.5) is 8.78 Å². The number of piperidine rings is 1. The van der Waals surface area contributed by atoms with Crippen molar-refractivity contribution >= 4 is 24.3 Å². The van der Waals surface area contributed by atoms with E-state index in [0.717, 1.165) is 5.56 Å². The molecule has 0 atom stereocenters. The lowest BCUT2D eigenvalue weighted by molar-refractivity contribution is -0.0435. The fourth-order valence-corrected chi connectivity index (χ4v) is 2.04. The predicted octanol–water partition coefficient (Wildman–Crippen LogP) is 1.97. The Kier molecular flexibility index (Phi) is 6.55. The second kappa shape index (κ2) is 7.93. The van der Waals surface area contributed by atoms with E-state index in [2.05, 4.69) is 9.98 Å². The fraction of sp³-hybridized carbons (Fsp3) is 0.429. The minimum atomic E-state index is -2.61. The summed E-state index contributed by atoms with van der Waals surface area (Å²) in [7, 11) is 0. The lowest BCUT2D eigenvalue weighted by Gasteiger charge is -2.32. The van der Waals surface area contributed by atoms with Crippen LogP contribution in [-0.4, -0.2) is 35.8 Å². The number of hydrogen-bond donors (Lipinski definition) is 2. The summed E-state index contributed by atoms with van der Waals surface area (Å²) in [6.07, 6.45) is -0.436. The van der Waals surface area contributed by atoms with Gasteiger partial charge in [0, 0.05) is 25.9 Å². The van der Waals surface area contributed by atoms with Gasteiger partial charge in [-0.15, -0.1) is 12.4 Å². The van der Waals surface area contributed by atoms with Crippen molar-refractivity contribution in [2.24, 2.45) is 21.5 Å². The number of alkyl halides is 2. The van der Waals surface area contributed by atoms with Crippen molar-refractivity contribution in [3.63, 3.8) is 0 Å². The predicted molar refractivity (Wildman–Crippen MR) is 86.4 cm³/mol. The first kappa shape index (κ1) is 18.2. The second-order valence-electron chi connectivity index (χ2n) is 4.97. The second-order valence-corrected chi connectivity index (χ2v) is 4.97. The number of aliphatic imine (C=N–C) groups is 2. The van der Waals surface area contributed by atoms with Gasteiger partial charge in [-0.05, 0) is 5.56 Å². The number of hydrogen-bond acceptors (Lipinski definition) is 1. The monoisotopic (exact) mass is 331 g/mol. The highest BCUT2D eigenvalue weighted by atomic mass is 35.5. The highest BCUT2D eigenvalue weighted by Crippen LogP contribution is 2.27. The first-order valence-electron chi connectivity index (χ1n) is 6.77. The molecule has 1 saturated heterocycles. The molecule has 8 heteroatoms. The standard InChI is InChI=1S/C14H19F2N5.ClH/c15-14(16)6-8-21(9-7-14)13(18)20-12(17)19-10-11-4-2-1-3-5-11;/h1-5H,6-10H2,(H4,17,18,19,20);1H. The van der Waals surface area contributed by atoms with E-state index in [4.69, 9.17) is 11.5 Å². The van der Waals surface area contributed by atoms with Crippen LogP contribution in [-0.2, 0) is 6.54 Å². The maximum Gasteiger partial charge on any atom is 0.251 e. The number of rotatable bonds is 2. The molecule has 5 nitrogen and oxygen atoms in total. The molecule has 0 saturated carbocycles. The number of halogens is 3. The fourth-order valence-electron chi connectivity index (χ4n) is 2.04. The van der Waals surface area contributed by atoms with Gasteiger partial charge in [0.2, 0.25) is 5.96 Å². The van der Waals surface area contributed by atoms with Crippen molar-refractivity contribution in [1.82, 2.24) is 4.90 Å². The molecule has 4 N–H and O–H groups in total. The van der Waals surface area contributed by atoms with E-state index in [-0.39, 0.29) is 50.3 Å². The molecule has 0 aromatic heterocycles. The van der Waals surface area contributed by atoms with Crippen LogP contribution in [0.3, 0.4) is 0 Å². The van der Waals surface area contributed by atoms with Gasteiger partial charge in [0.15, 0.2) is 5.96 Å². The van der Waals surface area contributed by atoms with Gasteiger partial charge in [-0.25, -0.2) is 13.8 Å². The van der Waals surface area contributed by atoms with Gasteiger partial charge in [0.05, 0.1) is 6.54 Å². The summed E-state index contributed by atoms with van der Waals surface area (Å²) in [5.74, 6) is -2.42. The Balaban J connectivity index is 0.00000242. The van der Waals surface area contributed by atoms with Crippen LogP contribution in [0.1, 0.15) is 18.4 Å². The third-order valence-electron chi connectivity index (χ3n) is 3.31. The van der Waals surface area contributed by atoms with E-state index in [9.17, 15) is 8.78 Å². The van der Waals surface area contributed by atoms with Crippen LogP contribution in [0.15, 0.2) is 40.3 Å². The molecule has 1 aromatic carbocycles. The summed E-state index contributed by atoms with van der Waals surface area (Å²) in [5, 5.41) is 0.